The van der Waals surface area contributed by atoms with Gasteiger partial charge < -0.3 is 10.2 Å². The molecule has 0 bridgehead atoms. The third-order valence-corrected chi connectivity index (χ3v) is 4.32. The molecule has 0 saturated carbocycles. The summed E-state index contributed by atoms with van der Waals surface area (Å²) in [5, 5.41) is 3.50. The Labute approximate surface area is 94.4 Å². The minimum absolute atomic E-state index is 0.537. The molecule has 0 radical (unpaired) electrons. The molecule has 88 valence electrons. The van der Waals surface area contributed by atoms with Crippen LogP contribution >= 0.6 is 0 Å². The SMILES string of the molecule is CC1CCN(CC2(C)CCNC2)C(C)C1. The summed E-state index contributed by atoms with van der Waals surface area (Å²) in [5.74, 6) is 0.936. The van der Waals surface area contributed by atoms with Crippen molar-refractivity contribution in [1.82, 2.24) is 10.2 Å². The molecule has 0 aromatic rings. The zero-order chi connectivity index (χ0) is 10.9. The summed E-state index contributed by atoms with van der Waals surface area (Å²) in [6.07, 6.45) is 4.14. The van der Waals surface area contributed by atoms with Gasteiger partial charge in [0.25, 0.3) is 0 Å². The van der Waals surface area contributed by atoms with Crippen LogP contribution < -0.4 is 5.32 Å². The van der Waals surface area contributed by atoms with Gasteiger partial charge in [-0.2, -0.15) is 0 Å². The molecule has 2 rings (SSSR count). The van der Waals surface area contributed by atoms with Gasteiger partial charge in [0.05, 0.1) is 0 Å². The Bertz CT molecular complexity index is 209. The maximum Gasteiger partial charge on any atom is 0.00697 e. The van der Waals surface area contributed by atoms with Gasteiger partial charge in [0, 0.05) is 19.1 Å². The van der Waals surface area contributed by atoms with Gasteiger partial charge in [0.2, 0.25) is 0 Å². The molecule has 0 aliphatic carbocycles. The van der Waals surface area contributed by atoms with E-state index in [1.165, 1.54) is 45.4 Å². The summed E-state index contributed by atoms with van der Waals surface area (Å²) in [7, 11) is 0. The van der Waals surface area contributed by atoms with E-state index in [-0.39, 0.29) is 0 Å². The van der Waals surface area contributed by atoms with Crippen molar-refractivity contribution in [1.29, 1.82) is 0 Å². The van der Waals surface area contributed by atoms with Crippen LogP contribution in [0.25, 0.3) is 0 Å². The maximum absolute atomic E-state index is 3.50. The highest BCUT2D eigenvalue weighted by molar-refractivity contribution is 4.89. The standard InChI is InChI=1S/C13H26N2/c1-11-4-7-15(12(2)8-11)10-13(3)5-6-14-9-13/h11-12,14H,4-10H2,1-3H3. The molecular formula is C13H26N2. The van der Waals surface area contributed by atoms with Crippen molar-refractivity contribution in [3.8, 4) is 0 Å². The predicted molar refractivity (Wildman–Crippen MR) is 65.0 cm³/mol. The molecule has 2 nitrogen and oxygen atoms in total. The summed E-state index contributed by atoms with van der Waals surface area (Å²) in [6.45, 7) is 12.3. The topological polar surface area (TPSA) is 15.3 Å². The Morgan fingerprint density at radius 2 is 2.20 bits per heavy atom. The maximum atomic E-state index is 3.50. The summed E-state index contributed by atoms with van der Waals surface area (Å²) >= 11 is 0. The number of piperidine rings is 1. The van der Waals surface area contributed by atoms with Crippen LogP contribution in [0.3, 0.4) is 0 Å². The zero-order valence-corrected chi connectivity index (χ0v) is 10.6. The third kappa shape index (κ3) is 2.73. The van der Waals surface area contributed by atoms with Crippen molar-refractivity contribution in [3.05, 3.63) is 0 Å². The summed E-state index contributed by atoms with van der Waals surface area (Å²) in [6, 6.07) is 0.797. The van der Waals surface area contributed by atoms with Crippen molar-refractivity contribution in [3.63, 3.8) is 0 Å². The minimum atomic E-state index is 0.537. The Morgan fingerprint density at radius 3 is 2.80 bits per heavy atom. The van der Waals surface area contributed by atoms with Crippen LogP contribution in [0.4, 0.5) is 0 Å². The molecule has 2 aliphatic rings. The average molecular weight is 210 g/mol. The first kappa shape index (κ1) is 11.4. The second-order valence-electron chi connectivity index (χ2n) is 6.19. The molecule has 0 amide bonds. The summed E-state index contributed by atoms with van der Waals surface area (Å²) in [4.78, 5) is 2.72. The van der Waals surface area contributed by atoms with E-state index in [0.717, 1.165) is 12.0 Å². The van der Waals surface area contributed by atoms with Gasteiger partial charge in [0.15, 0.2) is 0 Å². The van der Waals surface area contributed by atoms with E-state index in [2.05, 4.69) is 31.0 Å². The molecule has 15 heavy (non-hydrogen) atoms. The Morgan fingerprint density at radius 1 is 1.40 bits per heavy atom. The van der Waals surface area contributed by atoms with E-state index >= 15 is 0 Å². The lowest BCUT2D eigenvalue weighted by Crippen LogP contribution is -2.46. The third-order valence-electron chi connectivity index (χ3n) is 4.32. The first-order chi connectivity index (χ1) is 7.09. The Hall–Kier alpha value is -0.0800. The van der Waals surface area contributed by atoms with E-state index in [1.807, 2.05) is 0 Å². The van der Waals surface area contributed by atoms with Gasteiger partial charge in [-0.1, -0.05) is 13.8 Å². The van der Waals surface area contributed by atoms with E-state index < -0.39 is 0 Å². The van der Waals surface area contributed by atoms with Crippen molar-refractivity contribution in [2.45, 2.75) is 46.1 Å². The Balaban J connectivity index is 1.88. The van der Waals surface area contributed by atoms with Crippen LogP contribution in [0, 0.1) is 11.3 Å². The first-order valence-corrected chi connectivity index (χ1v) is 6.54. The molecule has 2 fully saturated rings. The molecule has 2 heterocycles. The molecule has 3 unspecified atom stereocenters. The smallest absolute Gasteiger partial charge is 0.00697 e. The van der Waals surface area contributed by atoms with Crippen LogP contribution in [0.1, 0.15) is 40.0 Å². The molecule has 0 aromatic carbocycles. The van der Waals surface area contributed by atoms with E-state index in [9.17, 15) is 0 Å². The van der Waals surface area contributed by atoms with Crippen molar-refractivity contribution >= 4 is 0 Å². The van der Waals surface area contributed by atoms with Gasteiger partial charge in [0.1, 0.15) is 0 Å². The fourth-order valence-corrected chi connectivity index (χ4v) is 3.18. The monoisotopic (exact) mass is 210 g/mol. The summed E-state index contributed by atoms with van der Waals surface area (Å²) < 4.78 is 0. The Kier molecular flexibility index (Phi) is 3.36. The lowest BCUT2D eigenvalue weighted by Gasteiger charge is -2.40. The van der Waals surface area contributed by atoms with Crippen LogP contribution in [0.15, 0.2) is 0 Å². The first-order valence-electron chi connectivity index (χ1n) is 6.54. The fourth-order valence-electron chi connectivity index (χ4n) is 3.18. The number of hydrogen-bond donors (Lipinski definition) is 1. The van der Waals surface area contributed by atoms with Crippen LogP contribution in [-0.2, 0) is 0 Å². The van der Waals surface area contributed by atoms with Gasteiger partial charge in [-0.3, -0.25) is 0 Å². The largest absolute Gasteiger partial charge is 0.316 e. The molecular weight excluding hydrogens is 184 g/mol. The second kappa shape index (κ2) is 4.42. The van der Waals surface area contributed by atoms with Gasteiger partial charge in [-0.05, 0) is 50.6 Å². The van der Waals surface area contributed by atoms with Crippen molar-refractivity contribution in [2.75, 3.05) is 26.2 Å². The minimum Gasteiger partial charge on any atom is -0.316 e. The van der Waals surface area contributed by atoms with Crippen LogP contribution in [-0.4, -0.2) is 37.1 Å². The highest BCUT2D eigenvalue weighted by Crippen LogP contribution is 2.30. The van der Waals surface area contributed by atoms with Crippen LogP contribution in [0.2, 0.25) is 0 Å². The van der Waals surface area contributed by atoms with Crippen molar-refractivity contribution < 1.29 is 0 Å². The second-order valence-corrected chi connectivity index (χ2v) is 6.19. The van der Waals surface area contributed by atoms with Gasteiger partial charge in [-0.15, -0.1) is 0 Å². The fraction of sp³-hybridized carbons (Fsp3) is 1.00. The molecule has 1 N–H and O–H groups in total. The average Bonchev–Trinajstić information content (AvgIpc) is 2.58. The van der Waals surface area contributed by atoms with Crippen molar-refractivity contribution in [2.24, 2.45) is 11.3 Å². The summed E-state index contributed by atoms with van der Waals surface area (Å²) in [5.41, 5.74) is 0.537. The molecule has 2 heteroatoms. The quantitative estimate of drug-likeness (QED) is 0.751. The lowest BCUT2D eigenvalue weighted by atomic mass is 9.86. The van der Waals surface area contributed by atoms with E-state index in [0.29, 0.717) is 5.41 Å². The highest BCUT2D eigenvalue weighted by Gasteiger charge is 2.33. The van der Waals surface area contributed by atoms with Gasteiger partial charge >= 0.3 is 0 Å². The molecule has 2 aliphatic heterocycles. The number of likely N-dealkylation sites (tertiary alicyclic amines) is 1. The highest BCUT2D eigenvalue weighted by atomic mass is 15.2. The molecule has 2 saturated heterocycles. The zero-order valence-electron chi connectivity index (χ0n) is 10.6. The molecule has 3 atom stereocenters. The van der Waals surface area contributed by atoms with E-state index in [4.69, 9.17) is 0 Å². The number of nitrogens with zero attached hydrogens (tertiary/aromatic N) is 1. The molecule has 0 spiro atoms. The number of hydrogen-bond acceptors (Lipinski definition) is 2. The lowest BCUT2D eigenvalue weighted by molar-refractivity contribution is 0.0847. The number of rotatable bonds is 2. The van der Waals surface area contributed by atoms with Gasteiger partial charge in [-0.25, -0.2) is 0 Å². The predicted octanol–water partition coefficient (Wildman–Crippen LogP) is 2.11. The van der Waals surface area contributed by atoms with Crippen LogP contribution in [0.5, 0.6) is 0 Å². The normalized spacial score (nSPS) is 43.4. The molecule has 0 aromatic heterocycles. The van der Waals surface area contributed by atoms with E-state index in [1.54, 1.807) is 0 Å². The number of nitrogens with one attached hydrogen (secondary N) is 1.